The number of aromatic nitrogens is 5. The zero-order valence-electron chi connectivity index (χ0n) is 21.6. The highest BCUT2D eigenvalue weighted by Gasteiger charge is 2.24. The van der Waals surface area contributed by atoms with Gasteiger partial charge in [-0.1, -0.05) is 18.2 Å². The summed E-state index contributed by atoms with van der Waals surface area (Å²) in [7, 11) is 1.65. The first-order chi connectivity index (χ1) is 19.2. The second-order valence-corrected chi connectivity index (χ2v) is 9.23. The summed E-state index contributed by atoms with van der Waals surface area (Å²) in [6.07, 6.45) is 6.87. The van der Waals surface area contributed by atoms with Crippen LogP contribution in [0.15, 0.2) is 85.6 Å². The van der Waals surface area contributed by atoms with Crippen molar-refractivity contribution < 1.29 is 9.53 Å². The van der Waals surface area contributed by atoms with Crippen LogP contribution in [0, 0.1) is 0 Å². The summed E-state index contributed by atoms with van der Waals surface area (Å²) < 4.78 is 7.49. The molecule has 1 saturated heterocycles. The van der Waals surface area contributed by atoms with Crippen LogP contribution < -0.4 is 19.9 Å². The van der Waals surface area contributed by atoms with Crippen LogP contribution in [-0.2, 0) is 6.54 Å². The van der Waals surface area contributed by atoms with Crippen molar-refractivity contribution in [3.8, 4) is 11.4 Å². The van der Waals surface area contributed by atoms with Crippen molar-refractivity contribution in [2.75, 3.05) is 43.1 Å². The van der Waals surface area contributed by atoms with Gasteiger partial charge in [0, 0.05) is 50.7 Å². The fourth-order valence-corrected chi connectivity index (χ4v) is 4.86. The molecule has 10 nitrogen and oxygen atoms in total. The van der Waals surface area contributed by atoms with E-state index in [0.717, 1.165) is 65.7 Å². The van der Waals surface area contributed by atoms with Crippen LogP contribution in [0.2, 0.25) is 0 Å². The Morgan fingerprint density at radius 1 is 0.949 bits per heavy atom. The molecule has 39 heavy (non-hydrogen) atoms. The second-order valence-electron chi connectivity index (χ2n) is 9.23. The van der Waals surface area contributed by atoms with Gasteiger partial charge in [-0.3, -0.25) is 9.78 Å². The second kappa shape index (κ2) is 10.8. The van der Waals surface area contributed by atoms with Crippen LogP contribution in [0.25, 0.3) is 16.7 Å². The number of rotatable bonds is 7. The Hall–Kier alpha value is -4.99. The highest BCUT2D eigenvalue weighted by Crippen LogP contribution is 2.32. The zero-order chi connectivity index (χ0) is 26.6. The number of pyridine rings is 1. The number of ether oxygens (including phenoxy) is 1. The summed E-state index contributed by atoms with van der Waals surface area (Å²) in [4.78, 5) is 30.6. The molecule has 1 aliphatic rings. The molecule has 6 rings (SSSR count). The fraction of sp³-hybridized carbons (Fsp3) is 0.207. The molecular formula is C29H28N8O2. The fourth-order valence-electron chi connectivity index (χ4n) is 4.86. The Morgan fingerprint density at radius 3 is 2.49 bits per heavy atom. The number of carbonyl (C=O) groups is 1. The molecule has 1 fully saturated rings. The number of methoxy groups -OCH3 is 1. The first-order valence-electron chi connectivity index (χ1n) is 12.8. The third kappa shape index (κ3) is 4.96. The van der Waals surface area contributed by atoms with Crippen molar-refractivity contribution in [3.05, 3.63) is 96.7 Å². The minimum atomic E-state index is -0.131. The van der Waals surface area contributed by atoms with E-state index in [1.807, 2.05) is 65.5 Å². The molecule has 10 heteroatoms. The molecular weight excluding hydrogens is 492 g/mol. The number of para-hydroxylation sites is 1. The summed E-state index contributed by atoms with van der Waals surface area (Å²) >= 11 is 0. The Labute approximate surface area is 225 Å². The molecule has 1 amide bonds. The SMILES string of the molecule is COc1ccc(C(=O)NCc2ccncc2)cc1N1CCN(c2ncnc3c2cnn3-c2ccccc2)CC1. The van der Waals surface area contributed by atoms with Crippen molar-refractivity contribution in [2.24, 2.45) is 0 Å². The standard InChI is InChI=1S/C29H28N8O2/c1-39-26-8-7-22(29(38)31-18-21-9-11-30-12-10-21)17-25(26)35-13-15-36(16-14-35)27-24-19-34-37(28(24)33-20-32-27)23-5-3-2-4-6-23/h2-12,17,19-20H,13-16,18H2,1H3,(H,31,38). The predicted octanol–water partition coefficient (Wildman–Crippen LogP) is 3.48. The Bertz CT molecular complexity index is 1580. The van der Waals surface area contributed by atoms with Gasteiger partial charge in [-0.15, -0.1) is 0 Å². The number of amides is 1. The molecule has 2 aromatic carbocycles. The molecule has 1 N–H and O–H groups in total. The third-order valence-corrected chi connectivity index (χ3v) is 6.91. The molecule has 1 aliphatic heterocycles. The van der Waals surface area contributed by atoms with Gasteiger partial charge in [-0.2, -0.15) is 5.10 Å². The van der Waals surface area contributed by atoms with E-state index < -0.39 is 0 Å². The number of benzene rings is 2. The highest BCUT2D eigenvalue weighted by molar-refractivity contribution is 5.95. The lowest BCUT2D eigenvalue weighted by molar-refractivity contribution is 0.0951. The van der Waals surface area contributed by atoms with Crippen LogP contribution in [0.5, 0.6) is 5.75 Å². The molecule has 5 aromatic rings. The lowest BCUT2D eigenvalue weighted by Crippen LogP contribution is -2.47. The number of nitrogens with one attached hydrogen (secondary N) is 1. The van der Waals surface area contributed by atoms with Crippen molar-refractivity contribution in [1.29, 1.82) is 0 Å². The van der Waals surface area contributed by atoms with Crippen LogP contribution in [0.1, 0.15) is 15.9 Å². The molecule has 3 aromatic heterocycles. The minimum Gasteiger partial charge on any atom is -0.495 e. The molecule has 0 spiro atoms. The van der Waals surface area contributed by atoms with Crippen LogP contribution in [0.4, 0.5) is 11.5 Å². The number of fused-ring (bicyclic) bond motifs is 1. The van der Waals surface area contributed by atoms with Gasteiger partial charge in [-0.05, 0) is 48.0 Å². The van der Waals surface area contributed by atoms with Crippen molar-refractivity contribution in [1.82, 2.24) is 30.0 Å². The number of carbonyl (C=O) groups excluding carboxylic acids is 1. The summed E-state index contributed by atoms with van der Waals surface area (Å²) in [6.45, 7) is 3.44. The van der Waals surface area contributed by atoms with Gasteiger partial charge in [0.05, 0.1) is 30.1 Å². The van der Waals surface area contributed by atoms with Crippen molar-refractivity contribution in [2.45, 2.75) is 6.54 Å². The predicted molar refractivity (Wildman–Crippen MR) is 149 cm³/mol. The number of anilines is 2. The van der Waals surface area contributed by atoms with E-state index in [0.29, 0.717) is 12.1 Å². The molecule has 0 saturated carbocycles. The Kier molecular flexibility index (Phi) is 6.73. The lowest BCUT2D eigenvalue weighted by Gasteiger charge is -2.37. The Balaban J connectivity index is 1.18. The first kappa shape index (κ1) is 24.4. The van der Waals surface area contributed by atoms with Crippen LogP contribution in [-0.4, -0.2) is 63.9 Å². The summed E-state index contributed by atoms with van der Waals surface area (Å²) in [5.41, 5.74) is 4.22. The minimum absolute atomic E-state index is 0.131. The average Bonchev–Trinajstić information content (AvgIpc) is 3.45. The normalized spacial score (nSPS) is 13.5. The van der Waals surface area contributed by atoms with Gasteiger partial charge in [0.2, 0.25) is 0 Å². The van der Waals surface area contributed by atoms with Gasteiger partial charge >= 0.3 is 0 Å². The van der Waals surface area contributed by atoms with Gasteiger partial charge < -0.3 is 19.9 Å². The van der Waals surface area contributed by atoms with Crippen molar-refractivity contribution >= 4 is 28.4 Å². The van der Waals surface area contributed by atoms with E-state index in [9.17, 15) is 4.79 Å². The van der Waals surface area contributed by atoms with E-state index >= 15 is 0 Å². The van der Waals surface area contributed by atoms with Gasteiger partial charge in [0.1, 0.15) is 17.9 Å². The molecule has 0 aliphatic carbocycles. The first-order valence-corrected chi connectivity index (χ1v) is 12.8. The topological polar surface area (TPSA) is 101 Å². The van der Waals surface area contributed by atoms with Crippen LogP contribution in [0.3, 0.4) is 0 Å². The van der Waals surface area contributed by atoms with Gasteiger partial charge in [0.25, 0.3) is 5.91 Å². The molecule has 0 radical (unpaired) electrons. The Morgan fingerprint density at radius 2 is 1.72 bits per heavy atom. The summed E-state index contributed by atoms with van der Waals surface area (Å²) in [5, 5.41) is 8.49. The maximum atomic E-state index is 12.9. The maximum Gasteiger partial charge on any atom is 0.251 e. The lowest BCUT2D eigenvalue weighted by atomic mass is 10.1. The van der Waals surface area contributed by atoms with Gasteiger partial charge in [-0.25, -0.2) is 14.6 Å². The van der Waals surface area contributed by atoms with Crippen LogP contribution >= 0.6 is 0 Å². The molecule has 196 valence electrons. The van der Waals surface area contributed by atoms with E-state index in [2.05, 4.69) is 35.2 Å². The summed E-state index contributed by atoms with van der Waals surface area (Å²) in [5.74, 6) is 1.48. The van der Waals surface area contributed by atoms with E-state index in [1.165, 1.54) is 0 Å². The smallest absolute Gasteiger partial charge is 0.251 e. The quantitative estimate of drug-likeness (QED) is 0.348. The van der Waals surface area contributed by atoms with Gasteiger partial charge in [0.15, 0.2) is 5.65 Å². The molecule has 4 heterocycles. The van der Waals surface area contributed by atoms with E-state index in [1.54, 1.807) is 31.9 Å². The van der Waals surface area contributed by atoms with E-state index in [4.69, 9.17) is 4.74 Å². The monoisotopic (exact) mass is 520 g/mol. The third-order valence-electron chi connectivity index (χ3n) is 6.91. The number of hydrogen-bond donors (Lipinski definition) is 1. The molecule has 0 bridgehead atoms. The largest absolute Gasteiger partial charge is 0.495 e. The number of hydrogen-bond acceptors (Lipinski definition) is 8. The number of nitrogens with zero attached hydrogens (tertiary/aromatic N) is 7. The van der Waals surface area contributed by atoms with E-state index in [-0.39, 0.29) is 5.91 Å². The summed E-state index contributed by atoms with van der Waals surface area (Å²) in [6, 6.07) is 19.3. The zero-order valence-corrected chi connectivity index (χ0v) is 21.6. The molecule has 0 unspecified atom stereocenters. The maximum absolute atomic E-state index is 12.9. The highest BCUT2D eigenvalue weighted by atomic mass is 16.5. The average molecular weight is 521 g/mol. The molecule has 0 atom stereocenters. The van der Waals surface area contributed by atoms with Crippen molar-refractivity contribution in [3.63, 3.8) is 0 Å². The number of piperazine rings is 1.